The molecule has 7 nitrogen and oxygen atoms in total. The van der Waals surface area contributed by atoms with Crippen LogP contribution < -0.4 is 4.74 Å². The average Bonchev–Trinajstić information content (AvgIpc) is 2.95. The predicted molar refractivity (Wildman–Crippen MR) is 99.7 cm³/mol. The summed E-state index contributed by atoms with van der Waals surface area (Å²) in [5.74, 6) is 0.189. The second-order valence-corrected chi connectivity index (χ2v) is 6.74. The number of rotatable bonds is 5. The first-order valence-electron chi connectivity index (χ1n) is 9.10. The number of aromatic nitrogens is 2. The summed E-state index contributed by atoms with van der Waals surface area (Å²) in [5.41, 5.74) is 4.18. The highest BCUT2D eigenvalue weighted by molar-refractivity contribution is 5.90. The molecule has 0 spiro atoms. The lowest BCUT2D eigenvalue weighted by Gasteiger charge is -2.27. The van der Waals surface area contributed by atoms with Gasteiger partial charge >= 0.3 is 5.97 Å². The van der Waals surface area contributed by atoms with Gasteiger partial charge in [0.05, 0.1) is 18.8 Å². The van der Waals surface area contributed by atoms with Crippen LogP contribution in [0.3, 0.4) is 0 Å². The van der Waals surface area contributed by atoms with E-state index < -0.39 is 5.97 Å². The smallest absolute Gasteiger partial charge is 0.356 e. The van der Waals surface area contributed by atoms with E-state index in [9.17, 15) is 9.59 Å². The maximum absolute atomic E-state index is 12.6. The van der Waals surface area contributed by atoms with Gasteiger partial charge in [0.1, 0.15) is 5.75 Å². The summed E-state index contributed by atoms with van der Waals surface area (Å²) in [6.07, 6.45) is 0.609. The van der Waals surface area contributed by atoms with Gasteiger partial charge in [0, 0.05) is 25.6 Å². The van der Waals surface area contributed by atoms with Crippen molar-refractivity contribution >= 4 is 11.9 Å². The van der Waals surface area contributed by atoms with E-state index in [1.165, 1.54) is 0 Å². The molecule has 1 aromatic carbocycles. The molecule has 27 heavy (non-hydrogen) atoms. The standard InChI is InChI=1S/C20H25N3O4/c1-5-26-20(25)19-15-11-23(9-8-16(15)21-22(19)4)18(24)12-27-17-7-6-13(2)10-14(17)3/h6-7,10H,5,8-9,11-12H2,1-4H3. The van der Waals surface area contributed by atoms with E-state index in [0.717, 1.165) is 22.4 Å². The molecule has 7 heteroatoms. The molecule has 144 valence electrons. The van der Waals surface area contributed by atoms with Crippen molar-refractivity contribution in [1.82, 2.24) is 14.7 Å². The zero-order valence-electron chi connectivity index (χ0n) is 16.2. The van der Waals surface area contributed by atoms with Crippen LogP contribution in [0.5, 0.6) is 5.75 Å². The van der Waals surface area contributed by atoms with Crippen LogP contribution >= 0.6 is 0 Å². The molecular weight excluding hydrogens is 346 g/mol. The third-order valence-electron chi connectivity index (χ3n) is 4.70. The van der Waals surface area contributed by atoms with Crippen molar-refractivity contribution in [1.29, 1.82) is 0 Å². The lowest BCUT2D eigenvalue weighted by atomic mass is 10.1. The fourth-order valence-electron chi connectivity index (χ4n) is 3.36. The summed E-state index contributed by atoms with van der Waals surface area (Å²) in [5, 5.41) is 4.41. The third-order valence-corrected chi connectivity index (χ3v) is 4.70. The Hall–Kier alpha value is -2.83. The van der Waals surface area contributed by atoms with Crippen LogP contribution in [0.4, 0.5) is 0 Å². The monoisotopic (exact) mass is 371 g/mol. The summed E-state index contributed by atoms with van der Waals surface area (Å²) in [7, 11) is 1.72. The lowest BCUT2D eigenvalue weighted by Crippen LogP contribution is -2.39. The summed E-state index contributed by atoms with van der Waals surface area (Å²) in [6.45, 7) is 6.90. The summed E-state index contributed by atoms with van der Waals surface area (Å²) >= 11 is 0. The second kappa shape index (κ2) is 7.82. The third kappa shape index (κ3) is 3.97. The molecule has 1 aliphatic rings. The SMILES string of the molecule is CCOC(=O)c1c2c(nn1C)CCN(C(=O)COc1ccc(C)cc1C)C2. The van der Waals surface area contributed by atoms with Gasteiger partial charge in [-0.2, -0.15) is 5.10 Å². The lowest BCUT2D eigenvalue weighted by molar-refractivity contribution is -0.134. The Kier molecular flexibility index (Phi) is 5.48. The van der Waals surface area contributed by atoms with Crippen molar-refractivity contribution in [2.75, 3.05) is 19.8 Å². The van der Waals surface area contributed by atoms with E-state index in [-0.39, 0.29) is 12.5 Å². The zero-order chi connectivity index (χ0) is 19.6. The zero-order valence-corrected chi connectivity index (χ0v) is 16.2. The Morgan fingerprint density at radius 1 is 1.26 bits per heavy atom. The van der Waals surface area contributed by atoms with E-state index in [0.29, 0.717) is 37.6 Å². The van der Waals surface area contributed by atoms with E-state index in [1.807, 2.05) is 32.0 Å². The molecule has 0 N–H and O–H groups in total. The summed E-state index contributed by atoms with van der Waals surface area (Å²) in [6, 6.07) is 5.86. The molecule has 2 heterocycles. The van der Waals surface area contributed by atoms with Gasteiger partial charge in [0.2, 0.25) is 0 Å². The number of aryl methyl sites for hydroxylation is 3. The molecule has 1 amide bonds. The van der Waals surface area contributed by atoms with Gasteiger partial charge in [0.25, 0.3) is 5.91 Å². The fourth-order valence-corrected chi connectivity index (χ4v) is 3.36. The molecule has 0 bridgehead atoms. The number of carbonyl (C=O) groups excluding carboxylic acids is 2. The summed E-state index contributed by atoms with van der Waals surface area (Å²) in [4.78, 5) is 26.6. The van der Waals surface area contributed by atoms with Crippen molar-refractivity contribution in [3.8, 4) is 5.75 Å². The van der Waals surface area contributed by atoms with Crippen molar-refractivity contribution in [3.63, 3.8) is 0 Å². The Morgan fingerprint density at radius 2 is 2.04 bits per heavy atom. The molecule has 1 aromatic heterocycles. The normalized spacial score (nSPS) is 13.3. The first kappa shape index (κ1) is 18.9. The van der Waals surface area contributed by atoms with Crippen LogP contribution in [0.25, 0.3) is 0 Å². The predicted octanol–water partition coefficient (Wildman–Crippen LogP) is 2.18. The van der Waals surface area contributed by atoms with E-state index in [4.69, 9.17) is 9.47 Å². The topological polar surface area (TPSA) is 73.7 Å². The highest BCUT2D eigenvalue weighted by Crippen LogP contribution is 2.23. The van der Waals surface area contributed by atoms with Gasteiger partial charge in [-0.15, -0.1) is 0 Å². The van der Waals surface area contributed by atoms with Crippen molar-refractivity contribution in [2.24, 2.45) is 7.05 Å². The van der Waals surface area contributed by atoms with Gasteiger partial charge in [-0.25, -0.2) is 4.79 Å². The van der Waals surface area contributed by atoms with E-state index in [2.05, 4.69) is 5.10 Å². The molecule has 0 aliphatic carbocycles. The first-order valence-corrected chi connectivity index (χ1v) is 9.10. The molecular formula is C20H25N3O4. The van der Waals surface area contributed by atoms with Crippen molar-refractivity contribution in [2.45, 2.75) is 33.7 Å². The number of hydrogen-bond donors (Lipinski definition) is 0. The molecule has 0 atom stereocenters. The minimum Gasteiger partial charge on any atom is -0.484 e. The molecule has 0 fully saturated rings. The Morgan fingerprint density at radius 3 is 2.74 bits per heavy atom. The van der Waals surface area contributed by atoms with Crippen LogP contribution in [0.2, 0.25) is 0 Å². The molecule has 0 saturated heterocycles. The van der Waals surface area contributed by atoms with Crippen LogP contribution in [-0.4, -0.2) is 46.3 Å². The quantitative estimate of drug-likeness (QED) is 0.753. The number of fused-ring (bicyclic) bond motifs is 1. The molecule has 1 aliphatic heterocycles. The van der Waals surface area contributed by atoms with Crippen molar-refractivity contribution in [3.05, 3.63) is 46.3 Å². The van der Waals surface area contributed by atoms with E-state index in [1.54, 1.807) is 23.6 Å². The number of nitrogens with zero attached hydrogens (tertiary/aromatic N) is 3. The number of ether oxygens (including phenoxy) is 2. The van der Waals surface area contributed by atoms with Gasteiger partial charge in [-0.05, 0) is 32.4 Å². The summed E-state index contributed by atoms with van der Waals surface area (Å²) < 4.78 is 12.4. The number of amides is 1. The van der Waals surface area contributed by atoms with Crippen molar-refractivity contribution < 1.29 is 19.1 Å². The average molecular weight is 371 g/mol. The van der Waals surface area contributed by atoms with E-state index >= 15 is 0 Å². The maximum atomic E-state index is 12.6. The molecule has 3 rings (SSSR count). The Labute approximate surface area is 158 Å². The molecule has 0 saturated carbocycles. The largest absolute Gasteiger partial charge is 0.484 e. The Bertz CT molecular complexity index is 872. The molecule has 2 aromatic rings. The highest BCUT2D eigenvalue weighted by atomic mass is 16.5. The number of benzene rings is 1. The molecule has 0 radical (unpaired) electrons. The number of esters is 1. The number of hydrogen-bond acceptors (Lipinski definition) is 5. The minimum absolute atomic E-state index is 0.0335. The maximum Gasteiger partial charge on any atom is 0.356 e. The van der Waals surface area contributed by atoms with Gasteiger partial charge in [-0.1, -0.05) is 17.7 Å². The minimum atomic E-state index is -0.408. The molecule has 0 unspecified atom stereocenters. The fraction of sp³-hybridized carbons (Fsp3) is 0.450. The van der Waals surface area contributed by atoms with Crippen LogP contribution in [0, 0.1) is 13.8 Å². The number of carbonyl (C=O) groups is 2. The Balaban J connectivity index is 1.69. The van der Waals surface area contributed by atoms with Crippen LogP contribution in [0.1, 0.15) is 39.8 Å². The van der Waals surface area contributed by atoms with Gasteiger partial charge in [-0.3, -0.25) is 9.48 Å². The van der Waals surface area contributed by atoms with Crippen LogP contribution in [-0.2, 0) is 29.5 Å². The second-order valence-electron chi connectivity index (χ2n) is 6.74. The highest BCUT2D eigenvalue weighted by Gasteiger charge is 2.30. The van der Waals surface area contributed by atoms with Gasteiger partial charge in [0.15, 0.2) is 12.3 Å². The van der Waals surface area contributed by atoms with Crippen LogP contribution in [0.15, 0.2) is 18.2 Å². The van der Waals surface area contributed by atoms with Gasteiger partial charge < -0.3 is 14.4 Å². The first-order chi connectivity index (χ1) is 12.9.